The molecule has 0 unspecified atom stereocenters. The number of nitrogens with zero attached hydrogens (tertiary/aromatic N) is 3. The molecule has 2 heterocycles. The zero-order chi connectivity index (χ0) is 18.5. The number of ether oxygens (including phenoxy) is 1. The Bertz CT molecular complexity index is 699. The summed E-state index contributed by atoms with van der Waals surface area (Å²) in [4.78, 5) is 7.31. The van der Waals surface area contributed by atoms with Crippen molar-refractivity contribution in [3.63, 3.8) is 0 Å². The lowest BCUT2D eigenvalue weighted by Crippen LogP contribution is -2.40. The first-order valence-electron chi connectivity index (χ1n) is 10.5. The highest BCUT2D eigenvalue weighted by atomic mass is 16.5. The Morgan fingerprint density at radius 3 is 2.52 bits per heavy atom. The molecule has 2 fully saturated rings. The minimum atomic E-state index is 0.595. The van der Waals surface area contributed by atoms with Crippen LogP contribution in [0.2, 0.25) is 0 Å². The van der Waals surface area contributed by atoms with Gasteiger partial charge in [0.2, 0.25) is 0 Å². The zero-order valence-corrected chi connectivity index (χ0v) is 16.4. The number of piperidine rings is 1. The summed E-state index contributed by atoms with van der Waals surface area (Å²) in [7, 11) is 1.67. The largest absolute Gasteiger partial charge is 0.497 e. The molecule has 0 N–H and O–H groups in total. The first kappa shape index (κ1) is 18.5. The summed E-state index contributed by atoms with van der Waals surface area (Å²) >= 11 is 0. The average Bonchev–Trinajstić information content (AvgIpc) is 3.41. The lowest BCUT2D eigenvalue weighted by Gasteiger charge is -2.36. The SMILES string of the molecule is COc1ccc(-c2nc(CCCC3CCN(C4CCCC4)CC3)no2)cc1. The number of benzene rings is 1. The highest BCUT2D eigenvalue weighted by Crippen LogP contribution is 2.29. The maximum Gasteiger partial charge on any atom is 0.257 e. The van der Waals surface area contributed by atoms with Crippen LogP contribution in [0.1, 0.15) is 57.2 Å². The summed E-state index contributed by atoms with van der Waals surface area (Å²) < 4.78 is 10.6. The molecule has 1 saturated heterocycles. The van der Waals surface area contributed by atoms with E-state index in [0.29, 0.717) is 5.89 Å². The predicted octanol–water partition coefficient (Wildman–Crippen LogP) is 4.72. The molecule has 2 aromatic rings. The van der Waals surface area contributed by atoms with Crippen molar-refractivity contribution in [2.24, 2.45) is 5.92 Å². The number of methoxy groups -OCH3 is 1. The van der Waals surface area contributed by atoms with Crippen LogP contribution in [-0.4, -0.2) is 41.3 Å². The first-order valence-corrected chi connectivity index (χ1v) is 10.5. The van der Waals surface area contributed by atoms with Gasteiger partial charge in [0.15, 0.2) is 5.82 Å². The van der Waals surface area contributed by atoms with E-state index in [1.54, 1.807) is 7.11 Å². The van der Waals surface area contributed by atoms with Crippen LogP contribution in [0.4, 0.5) is 0 Å². The van der Waals surface area contributed by atoms with Crippen molar-refractivity contribution in [1.29, 1.82) is 0 Å². The van der Waals surface area contributed by atoms with Gasteiger partial charge in [0.05, 0.1) is 7.11 Å². The third-order valence-electron chi connectivity index (χ3n) is 6.31. The summed E-state index contributed by atoms with van der Waals surface area (Å²) in [5, 5.41) is 4.16. The van der Waals surface area contributed by atoms with Crippen molar-refractivity contribution in [2.75, 3.05) is 20.2 Å². The summed E-state index contributed by atoms with van der Waals surface area (Å²) in [6.45, 7) is 2.61. The van der Waals surface area contributed by atoms with Crippen LogP contribution in [0.5, 0.6) is 5.75 Å². The van der Waals surface area contributed by atoms with Crippen molar-refractivity contribution in [3.05, 3.63) is 30.1 Å². The molecular formula is C22H31N3O2. The van der Waals surface area contributed by atoms with Crippen molar-refractivity contribution in [3.8, 4) is 17.2 Å². The van der Waals surface area contributed by atoms with E-state index in [1.807, 2.05) is 24.3 Å². The second-order valence-electron chi connectivity index (χ2n) is 8.05. The summed E-state index contributed by atoms with van der Waals surface area (Å²) in [6.07, 6.45) is 11.8. The maximum atomic E-state index is 5.43. The van der Waals surface area contributed by atoms with Crippen LogP contribution in [-0.2, 0) is 6.42 Å². The standard InChI is InChI=1S/C22H31N3O2/c1-26-20-11-9-18(10-12-20)22-23-21(24-27-22)8-4-5-17-13-15-25(16-14-17)19-6-2-3-7-19/h9-12,17,19H,2-8,13-16H2,1H3. The second kappa shape index (κ2) is 8.87. The molecule has 1 aromatic carbocycles. The molecule has 1 aromatic heterocycles. The smallest absolute Gasteiger partial charge is 0.257 e. The van der Waals surface area contributed by atoms with Gasteiger partial charge in [-0.15, -0.1) is 0 Å². The molecule has 0 bridgehead atoms. The third-order valence-corrected chi connectivity index (χ3v) is 6.31. The second-order valence-corrected chi connectivity index (χ2v) is 8.05. The maximum absolute atomic E-state index is 5.43. The van der Waals surface area contributed by atoms with E-state index in [-0.39, 0.29) is 0 Å². The topological polar surface area (TPSA) is 51.4 Å². The fourth-order valence-corrected chi connectivity index (χ4v) is 4.63. The number of likely N-dealkylation sites (tertiary alicyclic amines) is 1. The van der Waals surface area contributed by atoms with E-state index in [9.17, 15) is 0 Å². The van der Waals surface area contributed by atoms with Crippen LogP contribution < -0.4 is 4.74 Å². The fourth-order valence-electron chi connectivity index (χ4n) is 4.63. The van der Waals surface area contributed by atoms with E-state index in [4.69, 9.17) is 9.26 Å². The Labute approximate surface area is 162 Å². The third kappa shape index (κ3) is 4.70. The molecule has 27 heavy (non-hydrogen) atoms. The summed E-state index contributed by atoms with van der Waals surface area (Å²) in [6, 6.07) is 8.62. The highest BCUT2D eigenvalue weighted by molar-refractivity contribution is 5.54. The number of aryl methyl sites for hydroxylation is 1. The molecule has 1 saturated carbocycles. The number of hydrogen-bond acceptors (Lipinski definition) is 5. The van der Waals surface area contributed by atoms with Crippen molar-refractivity contribution in [2.45, 2.75) is 63.8 Å². The lowest BCUT2D eigenvalue weighted by molar-refractivity contribution is 0.130. The van der Waals surface area contributed by atoms with Gasteiger partial charge in [-0.1, -0.05) is 18.0 Å². The minimum absolute atomic E-state index is 0.595. The van der Waals surface area contributed by atoms with Gasteiger partial charge in [-0.3, -0.25) is 0 Å². The molecule has 5 heteroatoms. The zero-order valence-electron chi connectivity index (χ0n) is 16.4. The molecule has 1 aliphatic heterocycles. The van der Waals surface area contributed by atoms with Crippen molar-refractivity contribution in [1.82, 2.24) is 15.0 Å². The number of aromatic nitrogens is 2. The summed E-state index contributed by atoms with van der Waals surface area (Å²) in [5.41, 5.74) is 0.939. The molecule has 0 atom stereocenters. The molecule has 4 rings (SSSR count). The van der Waals surface area contributed by atoms with Gasteiger partial charge in [0, 0.05) is 18.0 Å². The van der Waals surface area contributed by atoms with E-state index in [2.05, 4.69) is 15.0 Å². The quantitative estimate of drug-likeness (QED) is 0.707. The van der Waals surface area contributed by atoms with Crippen molar-refractivity contribution >= 4 is 0 Å². The summed E-state index contributed by atoms with van der Waals surface area (Å²) in [5.74, 6) is 3.12. The number of hydrogen-bond donors (Lipinski definition) is 0. The Balaban J connectivity index is 1.20. The Hall–Kier alpha value is -1.88. The van der Waals surface area contributed by atoms with Gasteiger partial charge >= 0.3 is 0 Å². The molecule has 2 aliphatic rings. The van der Waals surface area contributed by atoms with E-state index >= 15 is 0 Å². The van der Waals surface area contributed by atoms with E-state index in [0.717, 1.165) is 41.9 Å². The van der Waals surface area contributed by atoms with E-state index in [1.165, 1.54) is 58.0 Å². The average molecular weight is 370 g/mol. The molecule has 0 spiro atoms. The minimum Gasteiger partial charge on any atom is -0.497 e. The molecule has 0 radical (unpaired) electrons. The van der Waals surface area contributed by atoms with Gasteiger partial charge in [-0.2, -0.15) is 4.98 Å². The van der Waals surface area contributed by atoms with Gasteiger partial charge < -0.3 is 14.2 Å². The van der Waals surface area contributed by atoms with Gasteiger partial charge in [-0.25, -0.2) is 0 Å². The lowest BCUT2D eigenvalue weighted by atomic mass is 9.90. The Kier molecular flexibility index (Phi) is 6.07. The normalized spacial score (nSPS) is 19.6. The van der Waals surface area contributed by atoms with E-state index < -0.39 is 0 Å². The van der Waals surface area contributed by atoms with Crippen LogP contribution in [0.3, 0.4) is 0 Å². The van der Waals surface area contributed by atoms with Gasteiger partial charge in [-0.05, 0) is 81.8 Å². The molecule has 5 nitrogen and oxygen atoms in total. The molecule has 146 valence electrons. The highest BCUT2D eigenvalue weighted by Gasteiger charge is 2.26. The van der Waals surface area contributed by atoms with Crippen LogP contribution in [0.25, 0.3) is 11.5 Å². The monoisotopic (exact) mass is 369 g/mol. The number of rotatable bonds is 7. The van der Waals surface area contributed by atoms with Crippen LogP contribution in [0, 0.1) is 5.92 Å². The Morgan fingerprint density at radius 2 is 1.81 bits per heavy atom. The van der Waals surface area contributed by atoms with Crippen LogP contribution in [0.15, 0.2) is 28.8 Å². The molecular weight excluding hydrogens is 338 g/mol. The van der Waals surface area contributed by atoms with Crippen LogP contribution >= 0.6 is 0 Å². The Morgan fingerprint density at radius 1 is 1.07 bits per heavy atom. The van der Waals surface area contributed by atoms with Gasteiger partial charge in [0.25, 0.3) is 5.89 Å². The first-order chi connectivity index (χ1) is 13.3. The molecule has 1 aliphatic carbocycles. The fraction of sp³-hybridized carbons (Fsp3) is 0.636. The van der Waals surface area contributed by atoms with Crippen molar-refractivity contribution < 1.29 is 9.26 Å². The molecule has 0 amide bonds. The van der Waals surface area contributed by atoms with Gasteiger partial charge in [0.1, 0.15) is 5.75 Å². The predicted molar refractivity (Wildman–Crippen MR) is 106 cm³/mol.